The van der Waals surface area contributed by atoms with Gasteiger partial charge in [-0.15, -0.1) is 0 Å². The zero-order chi connectivity index (χ0) is 20.1. The summed E-state index contributed by atoms with van der Waals surface area (Å²) in [6.07, 6.45) is -0.819. The molecule has 0 radical (unpaired) electrons. The summed E-state index contributed by atoms with van der Waals surface area (Å²) in [5, 5.41) is 13.6. The zero-order valence-electron chi connectivity index (χ0n) is 15.3. The van der Waals surface area contributed by atoms with Crippen molar-refractivity contribution in [1.29, 1.82) is 0 Å². The molecule has 2 aromatic rings. The highest BCUT2D eigenvalue weighted by Crippen LogP contribution is 2.44. The van der Waals surface area contributed by atoms with Crippen molar-refractivity contribution >= 4 is 17.9 Å². The fourth-order valence-electron chi connectivity index (χ4n) is 3.32. The van der Waals surface area contributed by atoms with Gasteiger partial charge in [0.05, 0.1) is 0 Å². The van der Waals surface area contributed by atoms with E-state index >= 15 is 0 Å². The van der Waals surface area contributed by atoms with Gasteiger partial charge in [0.15, 0.2) is 0 Å². The molecule has 146 valence electrons. The highest BCUT2D eigenvalue weighted by Gasteiger charge is 2.29. The number of rotatable bonds is 6. The molecule has 1 aliphatic rings. The van der Waals surface area contributed by atoms with E-state index < -0.39 is 18.0 Å². The zero-order valence-corrected chi connectivity index (χ0v) is 15.3. The molecular weight excluding hydrogens is 362 g/mol. The molecule has 0 spiro atoms. The first-order valence-electron chi connectivity index (χ1n) is 8.81. The predicted octanol–water partition coefficient (Wildman–Crippen LogP) is 1.54. The summed E-state index contributed by atoms with van der Waals surface area (Å²) in [6.45, 7) is 1.20. The molecule has 8 nitrogen and oxygen atoms in total. The minimum atomic E-state index is -1.16. The van der Waals surface area contributed by atoms with E-state index in [0.717, 1.165) is 22.3 Å². The van der Waals surface area contributed by atoms with Gasteiger partial charge < -0.3 is 15.4 Å². The van der Waals surface area contributed by atoms with Crippen LogP contribution >= 0.6 is 0 Å². The second kappa shape index (κ2) is 8.53. The van der Waals surface area contributed by atoms with Crippen LogP contribution in [0.1, 0.15) is 24.0 Å². The SMILES string of the molecule is CC(=O)NCC(NC(=O)OCC1c2ccccc2-c2ccccc21)C(=O)NO. The van der Waals surface area contributed by atoms with Crippen molar-refractivity contribution in [3.8, 4) is 11.1 Å². The molecule has 0 fully saturated rings. The molecule has 0 aromatic heterocycles. The number of hydrogen-bond acceptors (Lipinski definition) is 5. The lowest BCUT2D eigenvalue weighted by molar-refractivity contribution is -0.131. The summed E-state index contributed by atoms with van der Waals surface area (Å²) in [5.74, 6) is -1.34. The summed E-state index contributed by atoms with van der Waals surface area (Å²) in [5.41, 5.74) is 5.81. The Morgan fingerprint density at radius 2 is 1.61 bits per heavy atom. The molecule has 1 unspecified atom stereocenters. The number of carbonyl (C=O) groups is 3. The van der Waals surface area contributed by atoms with Crippen LogP contribution in [0.4, 0.5) is 4.79 Å². The Hall–Kier alpha value is -3.39. The van der Waals surface area contributed by atoms with Crippen LogP contribution in [0.2, 0.25) is 0 Å². The van der Waals surface area contributed by atoms with Gasteiger partial charge in [-0.05, 0) is 22.3 Å². The smallest absolute Gasteiger partial charge is 0.407 e. The molecule has 28 heavy (non-hydrogen) atoms. The van der Waals surface area contributed by atoms with Crippen molar-refractivity contribution in [2.75, 3.05) is 13.2 Å². The molecule has 1 atom stereocenters. The molecule has 4 N–H and O–H groups in total. The molecule has 0 saturated heterocycles. The fourth-order valence-corrected chi connectivity index (χ4v) is 3.32. The first-order valence-corrected chi connectivity index (χ1v) is 8.81. The van der Waals surface area contributed by atoms with E-state index in [-0.39, 0.29) is 25.0 Å². The number of fused-ring (bicyclic) bond motifs is 3. The first kappa shape index (κ1) is 19.4. The lowest BCUT2D eigenvalue weighted by Crippen LogP contribution is -2.52. The van der Waals surface area contributed by atoms with Gasteiger partial charge in [-0.25, -0.2) is 10.3 Å². The summed E-state index contributed by atoms with van der Waals surface area (Å²) in [6, 6.07) is 14.7. The van der Waals surface area contributed by atoms with E-state index in [1.54, 1.807) is 0 Å². The molecule has 1 aliphatic carbocycles. The van der Waals surface area contributed by atoms with Crippen molar-refractivity contribution in [2.45, 2.75) is 18.9 Å². The van der Waals surface area contributed by atoms with Gasteiger partial charge in [0, 0.05) is 19.4 Å². The lowest BCUT2D eigenvalue weighted by Gasteiger charge is -2.18. The topological polar surface area (TPSA) is 117 Å². The summed E-state index contributed by atoms with van der Waals surface area (Å²) < 4.78 is 5.35. The van der Waals surface area contributed by atoms with Crippen LogP contribution in [0, 0.1) is 0 Å². The van der Waals surface area contributed by atoms with E-state index in [2.05, 4.69) is 10.6 Å². The van der Waals surface area contributed by atoms with Gasteiger partial charge in [0.2, 0.25) is 5.91 Å². The standard InChI is InChI=1S/C20H21N3O5/c1-12(24)21-10-18(19(25)23-27)22-20(26)28-11-17-15-8-4-2-6-13(15)14-7-3-5-9-16(14)17/h2-9,17-18,27H,10-11H2,1H3,(H,21,24)(H,22,26)(H,23,25). The van der Waals surface area contributed by atoms with Crippen molar-refractivity contribution < 1.29 is 24.3 Å². The van der Waals surface area contributed by atoms with Gasteiger partial charge in [0.25, 0.3) is 5.91 Å². The van der Waals surface area contributed by atoms with Crippen LogP contribution < -0.4 is 16.1 Å². The third kappa shape index (κ3) is 4.12. The first-order chi connectivity index (χ1) is 13.5. The van der Waals surface area contributed by atoms with E-state index in [1.807, 2.05) is 48.5 Å². The Labute approximate surface area is 161 Å². The lowest BCUT2D eigenvalue weighted by atomic mass is 9.98. The molecule has 0 aliphatic heterocycles. The van der Waals surface area contributed by atoms with E-state index in [1.165, 1.54) is 12.4 Å². The number of amides is 3. The fraction of sp³-hybridized carbons (Fsp3) is 0.250. The number of benzene rings is 2. The maximum Gasteiger partial charge on any atom is 0.407 e. The van der Waals surface area contributed by atoms with Gasteiger partial charge >= 0.3 is 6.09 Å². The van der Waals surface area contributed by atoms with Crippen molar-refractivity contribution in [1.82, 2.24) is 16.1 Å². The summed E-state index contributed by atoms with van der Waals surface area (Å²) in [4.78, 5) is 34.9. The number of hydroxylamine groups is 1. The number of carbonyl (C=O) groups excluding carboxylic acids is 3. The molecule has 0 heterocycles. The van der Waals surface area contributed by atoms with Gasteiger partial charge in [-0.2, -0.15) is 0 Å². The molecule has 3 amide bonds. The second-order valence-corrected chi connectivity index (χ2v) is 6.44. The molecule has 3 rings (SSSR count). The van der Waals surface area contributed by atoms with Crippen LogP contribution in [0.3, 0.4) is 0 Å². The van der Waals surface area contributed by atoms with Crippen molar-refractivity contribution in [2.24, 2.45) is 0 Å². The predicted molar refractivity (Wildman–Crippen MR) is 101 cm³/mol. The molecular formula is C20H21N3O5. The average molecular weight is 383 g/mol. The second-order valence-electron chi connectivity index (χ2n) is 6.44. The van der Waals surface area contributed by atoms with Crippen LogP contribution in [-0.2, 0) is 14.3 Å². The van der Waals surface area contributed by atoms with Crippen LogP contribution in [0.5, 0.6) is 0 Å². The molecule has 2 aromatic carbocycles. The number of nitrogens with one attached hydrogen (secondary N) is 3. The van der Waals surface area contributed by atoms with Gasteiger partial charge in [0.1, 0.15) is 12.6 Å². The largest absolute Gasteiger partial charge is 0.449 e. The van der Waals surface area contributed by atoms with Crippen LogP contribution in [0.15, 0.2) is 48.5 Å². The minimum absolute atomic E-state index is 0.0907. The summed E-state index contributed by atoms with van der Waals surface area (Å²) in [7, 11) is 0. The Balaban J connectivity index is 1.67. The third-order valence-electron chi connectivity index (χ3n) is 4.62. The molecule has 0 bridgehead atoms. The number of alkyl carbamates (subject to hydrolysis) is 1. The van der Waals surface area contributed by atoms with E-state index in [4.69, 9.17) is 9.94 Å². The number of hydrogen-bond donors (Lipinski definition) is 4. The van der Waals surface area contributed by atoms with Gasteiger partial charge in [-0.1, -0.05) is 48.5 Å². The maximum absolute atomic E-state index is 12.2. The van der Waals surface area contributed by atoms with Crippen LogP contribution in [-0.4, -0.2) is 42.3 Å². The molecule has 0 saturated carbocycles. The quantitative estimate of drug-likeness (QED) is 0.446. The summed E-state index contributed by atoms with van der Waals surface area (Å²) >= 11 is 0. The monoisotopic (exact) mass is 383 g/mol. The Morgan fingerprint density at radius 3 is 2.14 bits per heavy atom. The maximum atomic E-state index is 12.2. The third-order valence-corrected chi connectivity index (χ3v) is 4.62. The van der Waals surface area contributed by atoms with Crippen molar-refractivity contribution in [3.05, 3.63) is 59.7 Å². The van der Waals surface area contributed by atoms with Crippen molar-refractivity contribution in [3.63, 3.8) is 0 Å². The number of ether oxygens (including phenoxy) is 1. The highest BCUT2D eigenvalue weighted by molar-refractivity contribution is 5.86. The molecule has 8 heteroatoms. The van der Waals surface area contributed by atoms with E-state index in [9.17, 15) is 14.4 Å². The normalized spacial score (nSPS) is 13.1. The average Bonchev–Trinajstić information content (AvgIpc) is 3.02. The van der Waals surface area contributed by atoms with E-state index in [0.29, 0.717) is 0 Å². The minimum Gasteiger partial charge on any atom is -0.449 e. The van der Waals surface area contributed by atoms with Gasteiger partial charge in [-0.3, -0.25) is 14.8 Å². The van der Waals surface area contributed by atoms with Crippen LogP contribution in [0.25, 0.3) is 11.1 Å². The Bertz CT molecular complexity index is 853. The Kier molecular flexibility index (Phi) is 5.90. The highest BCUT2D eigenvalue weighted by atomic mass is 16.5. The Morgan fingerprint density at radius 1 is 1.04 bits per heavy atom.